The van der Waals surface area contributed by atoms with E-state index in [4.69, 9.17) is 28.8 Å². The van der Waals surface area contributed by atoms with Crippen molar-refractivity contribution in [1.29, 1.82) is 0 Å². The Kier molecular flexibility index (Phi) is 9.96. The summed E-state index contributed by atoms with van der Waals surface area (Å²) in [4.78, 5) is 20.2. The van der Waals surface area contributed by atoms with E-state index in [1.165, 1.54) is 0 Å². The Labute approximate surface area is 281 Å². The summed E-state index contributed by atoms with van der Waals surface area (Å²) in [5.41, 5.74) is 5.63. The molecule has 0 amide bonds. The molecule has 6 rings (SSSR count). The number of carbonyl (C=O) groups is 1. The molecule has 0 aliphatic rings. The van der Waals surface area contributed by atoms with Crippen LogP contribution < -0.4 is 14.2 Å². The van der Waals surface area contributed by atoms with E-state index in [9.17, 15) is 4.79 Å². The Bertz CT molecular complexity index is 2030. The number of benzene rings is 3. The van der Waals surface area contributed by atoms with Crippen LogP contribution in [0.15, 0.2) is 88.8 Å². The zero-order chi connectivity index (χ0) is 33.5. The molecule has 11 heteroatoms. The molecular formula is C37H34N4O6S. The third-order valence-electron chi connectivity index (χ3n) is 7.45. The van der Waals surface area contributed by atoms with Gasteiger partial charge in [-0.2, -0.15) is 0 Å². The van der Waals surface area contributed by atoms with Gasteiger partial charge in [0.2, 0.25) is 11.8 Å². The number of oxazole rings is 1. The van der Waals surface area contributed by atoms with Crippen molar-refractivity contribution in [3.63, 3.8) is 0 Å². The van der Waals surface area contributed by atoms with Crippen LogP contribution in [0.5, 0.6) is 17.4 Å². The Morgan fingerprint density at radius 3 is 2.48 bits per heavy atom. The zero-order valence-electron chi connectivity index (χ0n) is 26.8. The van der Waals surface area contributed by atoms with E-state index in [0.717, 1.165) is 39.5 Å². The first-order valence-corrected chi connectivity index (χ1v) is 16.2. The van der Waals surface area contributed by atoms with Crippen molar-refractivity contribution < 1.29 is 28.5 Å². The van der Waals surface area contributed by atoms with Crippen molar-refractivity contribution in [3.05, 3.63) is 123 Å². The van der Waals surface area contributed by atoms with Crippen LogP contribution in [0.2, 0.25) is 0 Å². The van der Waals surface area contributed by atoms with Crippen molar-refractivity contribution in [3.8, 4) is 34.5 Å². The molecule has 0 bridgehead atoms. The van der Waals surface area contributed by atoms with Gasteiger partial charge in [-0.1, -0.05) is 43.3 Å². The van der Waals surface area contributed by atoms with Gasteiger partial charge in [-0.15, -0.1) is 16.4 Å². The first-order valence-electron chi connectivity index (χ1n) is 15.4. The largest absolute Gasteiger partial charge is 0.493 e. The van der Waals surface area contributed by atoms with E-state index < -0.39 is 5.97 Å². The molecule has 0 spiro atoms. The summed E-state index contributed by atoms with van der Waals surface area (Å²) >= 11 is 1.65. The summed E-state index contributed by atoms with van der Waals surface area (Å²) in [5.74, 6) is 1.79. The van der Waals surface area contributed by atoms with Crippen molar-refractivity contribution in [2.45, 2.75) is 39.9 Å². The van der Waals surface area contributed by atoms with Crippen molar-refractivity contribution in [2.75, 3.05) is 7.11 Å². The van der Waals surface area contributed by atoms with Crippen LogP contribution >= 0.6 is 11.3 Å². The first-order chi connectivity index (χ1) is 23.4. The Morgan fingerprint density at radius 2 is 1.75 bits per heavy atom. The summed E-state index contributed by atoms with van der Waals surface area (Å²) in [6, 6.07) is 22.6. The van der Waals surface area contributed by atoms with Gasteiger partial charge < -0.3 is 23.7 Å². The van der Waals surface area contributed by atoms with Crippen LogP contribution in [-0.4, -0.2) is 37.9 Å². The van der Waals surface area contributed by atoms with Crippen molar-refractivity contribution >= 4 is 29.5 Å². The third-order valence-corrected chi connectivity index (χ3v) is 8.46. The Morgan fingerprint density at radius 1 is 0.958 bits per heavy atom. The van der Waals surface area contributed by atoms with Crippen molar-refractivity contribution in [2.24, 2.45) is 0 Å². The fourth-order valence-corrected chi connectivity index (χ4v) is 5.61. The molecule has 48 heavy (non-hydrogen) atoms. The molecule has 0 radical (unpaired) electrons. The molecule has 0 saturated carbocycles. The smallest absolute Gasteiger partial charge is 0.307 e. The summed E-state index contributed by atoms with van der Waals surface area (Å²) < 4.78 is 25.7. The molecule has 3 heterocycles. The Hall–Kier alpha value is -5.68. The number of hydrogen-bond donors (Lipinski definition) is 1. The number of ether oxygens (including phenoxy) is 3. The number of aromatic nitrogens is 4. The standard InChI is InChI=1S/C37H34N4O6S/c1-4-34-38-29(23-48-34)16-15-28-20-41(30-8-6-5-7-9-30)40-37(28)46-21-26-12-17-32(33(18-26)44-3)45-22-31-24(2)47-36(39-31)27-13-10-25(11-14-27)19-35(42)43/h5-18,20,23H,4,19,21-22H2,1-3H3,(H,42,43)/b16-15-. The number of methoxy groups -OCH3 is 1. The van der Waals surface area contributed by atoms with Crippen LogP contribution in [0.25, 0.3) is 29.3 Å². The molecule has 3 aromatic heterocycles. The van der Waals surface area contributed by atoms with Gasteiger partial charge in [0.15, 0.2) is 11.5 Å². The third kappa shape index (κ3) is 7.81. The number of aliphatic carboxylic acids is 1. The number of aryl methyl sites for hydroxylation is 2. The van der Waals surface area contributed by atoms with Gasteiger partial charge in [-0.05, 0) is 73.0 Å². The van der Waals surface area contributed by atoms with Gasteiger partial charge in [0.25, 0.3) is 0 Å². The number of carboxylic acid groups (broad SMARTS) is 1. The minimum Gasteiger partial charge on any atom is -0.493 e. The molecule has 10 nitrogen and oxygen atoms in total. The van der Waals surface area contributed by atoms with Gasteiger partial charge >= 0.3 is 5.97 Å². The lowest BCUT2D eigenvalue weighted by Crippen LogP contribution is -2.02. The zero-order valence-corrected chi connectivity index (χ0v) is 27.6. The van der Waals surface area contributed by atoms with E-state index in [1.54, 1.807) is 47.4 Å². The quantitative estimate of drug-likeness (QED) is 0.124. The summed E-state index contributed by atoms with van der Waals surface area (Å²) in [6.07, 6.45) is 6.75. The number of rotatable bonds is 14. The van der Waals surface area contributed by atoms with E-state index in [-0.39, 0.29) is 19.6 Å². The molecule has 0 aliphatic heterocycles. The molecule has 0 aliphatic carbocycles. The number of carboxylic acids is 1. The maximum atomic E-state index is 11.0. The van der Waals surface area contributed by atoms with Gasteiger partial charge in [0, 0.05) is 17.1 Å². The van der Waals surface area contributed by atoms with Gasteiger partial charge in [0.05, 0.1) is 35.5 Å². The SMILES string of the molecule is CCc1nc(/C=C\c2cn(-c3ccccc3)nc2OCc2ccc(OCc3nc(-c4ccc(CC(=O)O)cc4)oc3C)c(OC)c2)cs1. The fraction of sp³-hybridized carbons (Fsp3) is 0.189. The van der Waals surface area contributed by atoms with Crippen LogP contribution in [0, 0.1) is 6.92 Å². The topological polar surface area (TPSA) is 122 Å². The minimum atomic E-state index is -0.879. The molecule has 6 aromatic rings. The molecule has 3 aromatic carbocycles. The summed E-state index contributed by atoms with van der Waals surface area (Å²) in [5, 5.41) is 16.9. The summed E-state index contributed by atoms with van der Waals surface area (Å²) in [6.45, 7) is 4.35. The molecule has 0 atom stereocenters. The lowest BCUT2D eigenvalue weighted by molar-refractivity contribution is -0.136. The minimum absolute atomic E-state index is 0.0402. The van der Waals surface area contributed by atoms with Crippen LogP contribution in [0.4, 0.5) is 0 Å². The van der Waals surface area contributed by atoms with E-state index >= 15 is 0 Å². The van der Waals surface area contributed by atoms with E-state index in [0.29, 0.717) is 40.3 Å². The molecular weight excluding hydrogens is 628 g/mol. The average Bonchev–Trinajstić information content (AvgIpc) is 3.84. The number of hydrogen-bond acceptors (Lipinski definition) is 9. The summed E-state index contributed by atoms with van der Waals surface area (Å²) in [7, 11) is 1.59. The predicted molar refractivity (Wildman–Crippen MR) is 184 cm³/mol. The van der Waals surface area contributed by atoms with Crippen LogP contribution in [0.3, 0.4) is 0 Å². The molecule has 244 valence electrons. The molecule has 1 N–H and O–H groups in total. The highest BCUT2D eigenvalue weighted by atomic mass is 32.1. The maximum Gasteiger partial charge on any atom is 0.307 e. The number of thiazole rings is 1. The van der Waals surface area contributed by atoms with Crippen LogP contribution in [-0.2, 0) is 30.8 Å². The first kappa shape index (κ1) is 32.3. The van der Waals surface area contributed by atoms with Crippen molar-refractivity contribution in [1.82, 2.24) is 19.7 Å². The highest BCUT2D eigenvalue weighted by Gasteiger charge is 2.15. The highest BCUT2D eigenvalue weighted by molar-refractivity contribution is 7.09. The second-order valence-electron chi connectivity index (χ2n) is 10.9. The predicted octanol–water partition coefficient (Wildman–Crippen LogP) is 7.82. The number of nitrogens with zero attached hydrogens (tertiary/aromatic N) is 4. The molecule has 0 unspecified atom stereocenters. The fourth-order valence-electron chi connectivity index (χ4n) is 4.89. The second-order valence-corrected chi connectivity index (χ2v) is 11.8. The van der Waals surface area contributed by atoms with E-state index in [1.807, 2.05) is 79.2 Å². The van der Waals surface area contributed by atoms with Gasteiger partial charge in [-0.3, -0.25) is 4.79 Å². The molecule has 0 saturated heterocycles. The average molecular weight is 663 g/mol. The lowest BCUT2D eigenvalue weighted by Gasteiger charge is -2.12. The monoisotopic (exact) mass is 662 g/mol. The lowest BCUT2D eigenvalue weighted by atomic mass is 10.1. The van der Waals surface area contributed by atoms with Crippen LogP contribution in [0.1, 0.15) is 45.8 Å². The van der Waals surface area contributed by atoms with E-state index in [2.05, 4.69) is 16.9 Å². The molecule has 0 fully saturated rings. The maximum absolute atomic E-state index is 11.0. The van der Waals surface area contributed by atoms with Gasteiger partial charge in [0.1, 0.15) is 24.7 Å². The highest BCUT2D eigenvalue weighted by Crippen LogP contribution is 2.31. The number of para-hydroxylation sites is 1. The van der Waals surface area contributed by atoms with Gasteiger partial charge in [-0.25, -0.2) is 14.6 Å². The normalized spacial score (nSPS) is 11.2. The second kappa shape index (κ2) is 14.8. The Balaban J connectivity index is 1.14.